The van der Waals surface area contributed by atoms with E-state index in [4.69, 9.17) is 19.9 Å². The van der Waals surface area contributed by atoms with Gasteiger partial charge in [0.25, 0.3) is 0 Å². The molecule has 2 unspecified atom stereocenters. The van der Waals surface area contributed by atoms with Crippen LogP contribution in [0.2, 0.25) is 0 Å². The Morgan fingerprint density at radius 3 is 1.62 bits per heavy atom. The Kier molecular flexibility index (Phi) is 6.70. The number of hydrogen-bond acceptors (Lipinski definition) is 10. The normalized spacial score (nSPS) is 23.8. The molecule has 0 bridgehead atoms. The van der Waals surface area contributed by atoms with E-state index in [2.05, 4.69) is 10.3 Å². The van der Waals surface area contributed by atoms with Crippen molar-refractivity contribution in [1.29, 1.82) is 0 Å². The second kappa shape index (κ2) is 8.99. The van der Waals surface area contributed by atoms with Crippen molar-refractivity contribution in [3.05, 3.63) is 24.8 Å². The molecular weight excluding hydrogens is 316 g/mol. The highest BCUT2D eigenvalue weighted by Gasteiger charge is 2.23. The minimum atomic E-state index is -0.153. The third-order valence-corrected chi connectivity index (χ3v) is 3.75. The average Bonchev–Trinajstić information content (AvgIpc) is 3.09. The van der Waals surface area contributed by atoms with Crippen LogP contribution in [0.1, 0.15) is 0 Å². The molecule has 2 atom stereocenters. The van der Waals surface area contributed by atoms with Gasteiger partial charge in [-0.1, -0.05) is 10.3 Å². The fourth-order valence-corrected chi connectivity index (χ4v) is 2.40. The van der Waals surface area contributed by atoms with Gasteiger partial charge < -0.3 is 39.5 Å². The van der Waals surface area contributed by atoms with E-state index < -0.39 is 0 Å². The quantitative estimate of drug-likeness (QED) is 0.261. The van der Waals surface area contributed by atoms with E-state index in [9.17, 15) is 0 Å². The van der Waals surface area contributed by atoms with Gasteiger partial charge in [-0.3, -0.25) is 0 Å². The molecule has 134 valence electrons. The van der Waals surface area contributed by atoms with E-state index in [0.29, 0.717) is 26.7 Å². The van der Waals surface area contributed by atoms with Crippen LogP contribution in [0.15, 0.2) is 35.1 Å². The first-order chi connectivity index (χ1) is 11.7. The Balaban J connectivity index is 1.60. The molecule has 0 aliphatic carbocycles. The van der Waals surface area contributed by atoms with Crippen molar-refractivity contribution in [3.8, 4) is 0 Å². The molecule has 24 heavy (non-hydrogen) atoms. The lowest BCUT2D eigenvalue weighted by molar-refractivity contribution is -0.0258. The summed E-state index contributed by atoms with van der Waals surface area (Å²) in [6.07, 6.45) is 10.1. The zero-order valence-electron chi connectivity index (χ0n) is 13.8. The second-order valence-corrected chi connectivity index (χ2v) is 5.39. The Morgan fingerprint density at radius 2 is 1.25 bits per heavy atom. The Bertz CT molecular complexity index is 454. The Hall–Kier alpha value is -2.46. The van der Waals surface area contributed by atoms with Gasteiger partial charge in [0, 0.05) is 38.9 Å². The van der Waals surface area contributed by atoms with Gasteiger partial charge in [-0.15, -0.1) is 0 Å². The highest BCUT2D eigenvalue weighted by Crippen LogP contribution is 2.13. The molecule has 0 radical (unpaired) electrons. The van der Waals surface area contributed by atoms with Crippen molar-refractivity contribution >= 4 is 12.4 Å². The van der Waals surface area contributed by atoms with Crippen molar-refractivity contribution < 1.29 is 19.9 Å². The lowest BCUT2D eigenvalue weighted by Crippen LogP contribution is -2.40. The summed E-state index contributed by atoms with van der Waals surface area (Å²) < 4.78 is 11.1. The predicted molar refractivity (Wildman–Crippen MR) is 87.3 cm³/mol. The topological polar surface area (TPSA) is 96.6 Å². The van der Waals surface area contributed by atoms with Crippen LogP contribution >= 0.6 is 0 Å². The lowest BCUT2D eigenvalue weighted by atomic mass is 10.5. The molecular formula is C14H24N6O4. The van der Waals surface area contributed by atoms with Gasteiger partial charge in [-0.25, -0.2) is 0 Å². The Morgan fingerprint density at radius 1 is 0.833 bits per heavy atom. The van der Waals surface area contributed by atoms with Crippen molar-refractivity contribution in [2.45, 2.75) is 12.3 Å². The van der Waals surface area contributed by atoms with E-state index in [-0.39, 0.29) is 12.3 Å². The van der Waals surface area contributed by atoms with Crippen LogP contribution in [0, 0.1) is 0 Å². The highest BCUT2D eigenvalue weighted by molar-refractivity contribution is 5.64. The molecule has 0 aromatic rings. The van der Waals surface area contributed by atoms with Crippen LogP contribution in [0.4, 0.5) is 0 Å². The van der Waals surface area contributed by atoms with Gasteiger partial charge in [0.1, 0.15) is 25.8 Å². The van der Waals surface area contributed by atoms with E-state index in [1.54, 1.807) is 0 Å². The number of nitrogens with zero attached hydrogens (tertiary/aromatic N) is 6. The van der Waals surface area contributed by atoms with Crippen molar-refractivity contribution in [2.75, 3.05) is 40.8 Å². The van der Waals surface area contributed by atoms with Crippen LogP contribution in [-0.2, 0) is 9.47 Å². The van der Waals surface area contributed by atoms with E-state index in [1.807, 2.05) is 58.5 Å². The summed E-state index contributed by atoms with van der Waals surface area (Å²) >= 11 is 0. The van der Waals surface area contributed by atoms with E-state index in [1.165, 1.54) is 12.4 Å². The van der Waals surface area contributed by atoms with Gasteiger partial charge in [0.05, 0.1) is 25.6 Å². The summed E-state index contributed by atoms with van der Waals surface area (Å²) in [7, 11) is 3.78. The molecule has 2 heterocycles. The predicted octanol–water partition coefficient (Wildman–Crippen LogP) is -0.0560. The minimum absolute atomic E-state index is 0.153. The third kappa shape index (κ3) is 4.52. The summed E-state index contributed by atoms with van der Waals surface area (Å²) in [6, 6.07) is 0. The van der Waals surface area contributed by atoms with Crippen LogP contribution in [0.25, 0.3) is 0 Å². The van der Waals surface area contributed by atoms with Crippen LogP contribution < -0.4 is 0 Å². The molecule has 2 rings (SSSR count). The third-order valence-electron chi connectivity index (χ3n) is 3.75. The smallest absolute Gasteiger partial charge is 0.142 e. The first-order valence-corrected chi connectivity index (χ1v) is 7.50. The molecule has 0 saturated heterocycles. The molecule has 2 aliphatic heterocycles. The SMILES string of the molecule is CN1C=CN(COCCOCN2C=CN(C)C2/C=N\O)C1/C=N\O. The lowest BCUT2D eigenvalue weighted by Gasteiger charge is -2.27. The first-order valence-electron chi connectivity index (χ1n) is 7.50. The maximum absolute atomic E-state index is 8.67. The van der Waals surface area contributed by atoms with Gasteiger partial charge in [0.15, 0.2) is 0 Å². The summed E-state index contributed by atoms with van der Waals surface area (Å²) in [4.78, 5) is 7.59. The van der Waals surface area contributed by atoms with Gasteiger partial charge in [0.2, 0.25) is 0 Å². The fraction of sp³-hybridized carbons (Fsp3) is 0.571. The molecule has 0 saturated carbocycles. The van der Waals surface area contributed by atoms with E-state index in [0.717, 1.165) is 0 Å². The number of hydrogen-bond donors (Lipinski definition) is 2. The molecule has 2 aliphatic rings. The standard InChI is InChI=1S/C14H24N6O4/c1-17-3-5-19(13(17)9-15-21)11-23-7-8-24-12-20-6-4-18(2)14(20)10-16-22/h3-6,9-10,13-14,21-22H,7-8,11-12H2,1-2H3/b15-9-,16-10-. The number of oxime groups is 2. The summed E-state index contributed by atoms with van der Waals surface area (Å²) in [6.45, 7) is 1.60. The molecule has 10 heteroatoms. The molecule has 0 fully saturated rings. The highest BCUT2D eigenvalue weighted by atomic mass is 16.5. The molecule has 10 nitrogen and oxygen atoms in total. The fourth-order valence-electron chi connectivity index (χ4n) is 2.40. The molecule has 0 spiro atoms. The zero-order valence-corrected chi connectivity index (χ0v) is 13.8. The molecule has 0 amide bonds. The molecule has 0 aromatic carbocycles. The van der Waals surface area contributed by atoms with E-state index >= 15 is 0 Å². The minimum Gasteiger partial charge on any atom is -0.411 e. The maximum atomic E-state index is 8.67. The maximum Gasteiger partial charge on any atom is 0.142 e. The first kappa shape index (κ1) is 17.9. The van der Waals surface area contributed by atoms with Gasteiger partial charge in [-0.2, -0.15) is 0 Å². The monoisotopic (exact) mass is 340 g/mol. The zero-order chi connectivity index (χ0) is 17.4. The van der Waals surface area contributed by atoms with Crippen molar-refractivity contribution in [1.82, 2.24) is 19.6 Å². The molecule has 2 N–H and O–H groups in total. The second-order valence-electron chi connectivity index (χ2n) is 5.39. The van der Waals surface area contributed by atoms with Crippen LogP contribution in [0.5, 0.6) is 0 Å². The Labute approximate surface area is 141 Å². The largest absolute Gasteiger partial charge is 0.411 e. The van der Waals surface area contributed by atoms with Gasteiger partial charge >= 0.3 is 0 Å². The van der Waals surface area contributed by atoms with Crippen LogP contribution in [0.3, 0.4) is 0 Å². The van der Waals surface area contributed by atoms with Crippen LogP contribution in [-0.4, -0.2) is 95.5 Å². The van der Waals surface area contributed by atoms with Crippen molar-refractivity contribution in [2.24, 2.45) is 10.3 Å². The van der Waals surface area contributed by atoms with Gasteiger partial charge in [-0.05, 0) is 0 Å². The summed E-state index contributed by atoms with van der Waals surface area (Å²) in [5.41, 5.74) is 0. The number of rotatable bonds is 9. The summed E-state index contributed by atoms with van der Waals surface area (Å²) in [5.74, 6) is 0. The average molecular weight is 340 g/mol. The summed E-state index contributed by atoms with van der Waals surface area (Å²) in [5, 5.41) is 23.5. The molecule has 0 aromatic heterocycles. The van der Waals surface area contributed by atoms with Crippen molar-refractivity contribution in [3.63, 3.8) is 0 Å². The number of ether oxygens (including phenoxy) is 2.